The highest BCUT2D eigenvalue weighted by atomic mass is 32.2. The lowest BCUT2D eigenvalue weighted by Gasteiger charge is -2.32. The lowest BCUT2D eigenvalue weighted by Crippen LogP contribution is -2.52. The summed E-state index contributed by atoms with van der Waals surface area (Å²) < 4.78 is 30.8. The van der Waals surface area contributed by atoms with Crippen LogP contribution in [0.15, 0.2) is 22.6 Å². The molecule has 1 atom stereocenters. The van der Waals surface area contributed by atoms with Gasteiger partial charge in [-0.3, -0.25) is 9.69 Å². The van der Waals surface area contributed by atoms with Crippen LogP contribution in [0.25, 0.3) is 0 Å². The first-order valence-electron chi connectivity index (χ1n) is 9.39. The minimum atomic E-state index is -2.65. The van der Waals surface area contributed by atoms with E-state index in [0.29, 0.717) is 30.6 Å². The molecule has 1 aromatic rings. The van der Waals surface area contributed by atoms with E-state index in [1.165, 1.54) is 19.1 Å². The number of methoxy groups -OCH3 is 1. The number of benzene rings is 1. The Balaban J connectivity index is 2.49. The number of ether oxygens (including phenoxy) is 1. The summed E-state index contributed by atoms with van der Waals surface area (Å²) >= 11 is 0. The number of rotatable bonds is 8. The van der Waals surface area contributed by atoms with Gasteiger partial charge in [0.25, 0.3) is 0 Å². The molecule has 1 saturated carbocycles. The van der Waals surface area contributed by atoms with Crippen molar-refractivity contribution in [1.29, 1.82) is 0 Å². The van der Waals surface area contributed by atoms with E-state index in [4.69, 9.17) is 4.74 Å². The van der Waals surface area contributed by atoms with Crippen molar-refractivity contribution in [2.75, 3.05) is 14.2 Å². The Bertz CT molecular complexity index is 870. The van der Waals surface area contributed by atoms with Gasteiger partial charge in [0.05, 0.1) is 12.5 Å². The van der Waals surface area contributed by atoms with E-state index >= 15 is 0 Å². The van der Waals surface area contributed by atoms with Crippen LogP contribution in [0, 0.1) is 0 Å². The highest BCUT2D eigenvalue weighted by Gasteiger charge is 2.55. The van der Waals surface area contributed by atoms with Crippen molar-refractivity contribution >= 4 is 28.1 Å². The van der Waals surface area contributed by atoms with Crippen LogP contribution in [0.5, 0.6) is 5.75 Å². The van der Waals surface area contributed by atoms with E-state index in [9.17, 15) is 18.0 Å². The van der Waals surface area contributed by atoms with E-state index in [1.54, 1.807) is 18.2 Å². The predicted molar refractivity (Wildman–Crippen MR) is 105 cm³/mol. The van der Waals surface area contributed by atoms with Gasteiger partial charge < -0.3 is 10.1 Å². The summed E-state index contributed by atoms with van der Waals surface area (Å²) in [5, 5.41) is 2.57. The lowest BCUT2D eigenvalue weighted by atomic mass is 9.92. The maximum absolute atomic E-state index is 13.5. The molecule has 1 aliphatic carbocycles. The zero-order chi connectivity index (χ0) is 20.9. The molecule has 2 rings (SSSR count). The molecule has 154 valence electrons. The van der Waals surface area contributed by atoms with E-state index in [-0.39, 0.29) is 17.6 Å². The molecule has 1 fully saturated rings. The third-order valence-electron chi connectivity index (χ3n) is 5.17. The van der Waals surface area contributed by atoms with Gasteiger partial charge >= 0.3 is 16.5 Å². The molecular formula is C19H27N3O5S. The van der Waals surface area contributed by atoms with Crippen LogP contribution in [-0.4, -0.2) is 45.5 Å². The first kappa shape index (κ1) is 21.9. The van der Waals surface area contributed by atoms with Gasteiger partial charge in [-0.15, -0.1) is 4.36 Å². The summed E-state index contributed by atoms with van der Waals surface area (Å²) in [6, 6.07) is 4.28. The number of nitrogens with zero attached hydrogens (tertiary/aromatic N) is 2. The van der Waals surface area contributed by atoms with Crippen LogP contribution in [0.2, 0.25) is 0 Å². The quantitative estimate of drug-likeness (QED) is 0.710. The summed E-state index contributed by atoms with van der Waals surface area (Å²) in [6.45, 7) is 3.97. The fraction of sp³-hybridized carbons (Fsp3) is 0.579. The van der Waals surface area contributed by atoms with Crippen LogP contribution in [0.4, 0.5) is 10.5 Å². The molecule has 0 radical (unpaired) electrons. The predicted octanol–water partition coefficient (Wildman–Crippen LogP) is 3.17. The molecule has 28 heavy (non-hydrogen) atoms. The number of amides is 3. The van der Waals surface area contributed by atoms with Gasteiger partial charge in [0.1, 0.15) is 11.4 Å². The molecule has 3 amide bonds. The highest BCUT2D eigenvalue weighted by Crippen LogP contribution is 2.51. The van der Waals surface area contributed by atoms with Crippen molar-refractivity contribution in [3.05, 3.63) is 23.8 Å². The van der Waals surface area contributed by atoms with E-state index in [0.717, 1.165) is 12.8 Å². The number of carbonyl (C=O) groups is 2. The van der Waals surface area contributed by atoms with Gasteiger partial charge in [-0.05, 0) is 43.4 Å². The summed E-state index contributed by atoms with van der Waals surface area (Å²) in [7, 11) is 0.282. The van der Waals surface area contributed by atoms with Gasteiger partial charge in [0.2, 0.25) is 5.91 Å². The molecule has 1 aromatic carbocycles. The molecular weight excluding hydrogens is 382 g/mol. The van der Waals surface area contributed by atoms with Crippen molar-refractivity contribution in [3.63, 3.8) is 0 Å². The minimum absolute atomic E-state index is 0.138. The van der Waals surface area contributed by atoms with Crippen molar-refractivity contribution in [2.24, 2.45) is 4.36 Å². The summed E-state index contributed by atoms with van der Waals surface area (Å²) in [4.78, 5) is 27.3. The fourth-order valence-electron chi connectivity index (χ4n) is 3.51. The van der Waals surface area contributed by atoms with Crippen LogP contribution in [-0.2, 0) is 20.7 Å². The SMILES string of the molecule is CCCC(CC)N(C(=O)NC)C(=O)C1(c2ccc(OC)c(N=S(=O)=O)c2)CC1. The van der Waals surface area contributed by atoms with Gasteiger partial charge in [-0.25, -0.2) is 4.79 Å². The molecule has 0 spiro atoms. The average Bonchev–Trinajstić information content (AvgIpc) is 3.48. The van der Waals surface area contributed by atoms with Gasteiger partial charge in [-0.1, -0.05) is 26.3 Å². The lowest BCUT2D eigenvalue weighted by molar-refractivity contribution is -0.133. The Morgan fingerprint density at radius 3 is 2.46 bits per heavy atom. The van der Waals surface area contributed by atoms with E-state index < -0.39 is 21.9 Å². The smallest absolute Gasteiger partial charge is 0.324 e. The second-order valence-corrected chi connectivity index (χ2v) is 7.47. The fourth-order valence-corrected chi connectivity index (χ4v) is 3.82. The van der Waals surface area contributed by atoms with Crippen LogP contribution in [0.1, 0.15) is 51.5 Å². The van der Waals surface area contributed by atoms with Crippen molar-refractivity contribution in [3.8, 4) is 5.75 Å². The molecule has 1 N–H and O–H groups in total. The van der Waals surface area contributed by atoms with E-state index in [2.05, 4.69) is 9.68 Å². The molecule has 0 aromatic heterocycles. The number of imide groups is 1. The molecule has 1 aliphatic rings. The standard InChI is InChI=1S/C19H27N3O5S/c1-5-7-14(6-2)22(18(24)20-3)17(23)19(10-11-19)13-8-9-16(27-4)15(12-13)21-28(25)26/h8-9,12,14H,5-7,10-11H2,1-4H3,(H,20,24). The number of hydrogen-bond donors (Lipinski definition) is 1. The Kier molecular flexibility index (Phi) is 7.17. The molecule has 9 heteroatoms. The van der Waals surface area contributed by atoms with E-state index in [1.807, 2.05) is 13.8 Å². The van der Waals surface area contributed by atoms with Crippen LogP contribution >= 0.6 is 0 Å². The molecule has 1 unspecified atom stereocenters. The Morgan fingerprint density at radius 1 is 1.32 bits per heavy atom. The molecule has 0 aliphatic heterocycles. The molecule has 8 nitrogen and oxygen atoms in total. The van der Waals surface area contributed by atoms with Crippen molar-refractivity contribution < 1.29 is 22.7 Å². The maximum atomic E-state index is 13.5. The van der Waals surface area contributed by atoms with Crippen LogP contribution in [0.3, 0.4) is 0 Å². The summed E-state index contributed by atoms with van der Waals surface area (Å²) in [6.07, 6.45) is 3.43. The second kappa shape index (κ2) is 9.18. The molecule has 0 saturated heterocycles. The van der Waals surface area contributed by atoms with Crippen LogP contribution < -0.4 is 10.1 Å². The van der Waals surface area contributed by atoms with Gasteiger partial charge in [-0.2, -0.15) is 8.42 Å². The number of nitrogens with one attached hydrogen (secondary N) is 1. The topological polar surface area (TPSA) is 105 Å². The first-order chi connectivity index (χ1) is 13.3. The number of hydrogen-bond acceptors (Lipinski definition) is 6. The Morgan fingerprint density at radius 2 is 2.00 bits per heavy atom. The van der Waals surface area contributed by atoms with Gasteiger partial charge in [0, 0.05) is 13.1 Å². The normalized spacial score (nSPS) is 15.3. The number of urea groups is 1. The maximum Gasteiger partial charge on any atom is 0.324 e. The Hall–Kier alpha value is -2.42. The highest BCUT2D eigenvalue weighted by molar-refractivity contribution is 7.61. The molecule has 0 heterocycles. The van der Waals surface area contributed by atoms with Crippen molar-refractivity contribution in [1.82, 2.24) is 10.2 Å². The zero-order valence-electron chi connectivity index (χ0n) is 16.7. The third-order valence-corrected chi connectivity index (χ3v) is 5.52. The summed E-state index contributed by atoms with van der Waals surface area (Å²) in [5.74, 6) is 0.0447. The molecule has 0 bridgehead atoms. The largest absolute Gasteiger partial charge is 0.494 e. The number of carbonyl (C=O) groups excluding carboxylic acids is 2. The second-order valence-electron chi connectivity index (χ2n) is 6.86. The average molecular weight is 410 g/mol. The zero-order valence-corrected chi connectivity index (χ0v) is 17.5. The third kappa shape index (κ3) is 4.35. The summed E-state index contributed by atoms with van der Waals surface area (Å²) in [5.41, 5.74) is -0.0588. The van der Waals surface area contributed by atoms with Crippen molar-refractivity contribution in [2.45, 2.75) is 57.4 Å². The van der Waals surface area contributed by atoms with Gasteiger partial charge in [0.15, 0.2) is 0 Å². The first-order valence-corrected chi connectivity index (χ1v) is 10.4. The minimum Gasteiger partial charge on any atom is -0.494 e. The monoisotopic (exact) mass is 409 g/mol. The Labute approximate surface area is 167 Å².